The third-order valence-electron chi connectivity index (χ3n) is 3.01. The fourth-order valence-corrected chi connectivity index (χ4v) is 2.06. The average Bonchev–Trinajstić information content (AvgIpc) is 2.34. The van der Waals surface area contributed by atoms with Crippen molar-refractivity contribution in [3.05, 3.63) is 65.2 Å². The van der Waals surface area contributed by atoms with E-state index in [-0.39, 0.29) is 11.9 Å². The Morgan fingerprint density at radius 2 is 2.11 bits per heavy atom. The number of pyridine rings is 1. The number of hydrogen-bond donors (Lipinski definition) is 1. The molecule has 2 rings (SSSR count). The van der Waals surface area contributed by atoms with Gasteiger partial charge in [-0.1, -0.05) is 12.1 Å². The van der Waals surface area contributed by atoms with Gasteiger partial charge in [-0.15, -0.1) is 0 Å². The molecular weight excluding hydrogens is 227 g/mol. The van der Waals surface area contributed by atoms with Gasteiger partial charge in [0.2, 0.25) is 0 Å². The number of nitrogens with zero attached hydrogens (tertiary/aromatic N) is 1. The van der Waals surface area contributed by atoms with Crippen molar-refractivity contribution in [2.45, 2.75) is 25.8 Å². The minimum Gasteiger partial charge on any atom is -0.327 e. The van der Waals surface area contributed by atoms with E-state index in [1.807, 2.05) is 31.3 Å². The van der Waals surface area contributed by atoms with Gasteiger partial charge in [0.1, 0.15) is 5.82 Å². The van der Waals surface area contributed by atoms with Crippen LogP contribution in [0.4, 0.5) is 4.39 Å². The summed E-state index contributed by atoms with van der Waals surface area (Å²) < 4.78 is 13.0. The van der Waals surface area contributed by atoms with Crippen molar-refractivity contribution < 1.29 is 4.39 Å². The van der Waals surface area contributed by atoms with Crippen LogP contribution >= 0.6 is 0 Å². The van der Waals surface area contributed by atoms with E-state index in [1.54, 1.807) is 12.3 Å². The Balaban J connectivity index is 2.01. The van der Waals surface area contributed by atoms with Crippen molar-refractivity contribution >= 4 is 0 Å². The maximum absolute atomic E-state index is 13.0. The first-order valence-corrected chi connectivity index (χ1v) is 6.04. The molecule has 0 radical (unpaired) electrons. The maximum Gasteiger partial charge on any atom is 0.123 e. The van der Waals surface area contributed by atoms with E-state index in [9.17, 15) is 4.39 Å². The van der Waals surface area contributed by atoms with Gasteiger partial charge in [0.05, 0.1) is 0 Å². The Morgan fingerprint density at radius 3 is 2.78 bits per heavy atom. The summed E-state index contributed by atoms with van der Waals surface area (Å²) in [6.07, 6.45) is 5.11. The van der Waals surface area contributed by atoms with Crippen LogP contribution in [-0.4, -0.2) is 11.0 Å². The zero-order chi connectivity index (χ0) is 13.0. The second-order valence-electron chi connectivity index (χ2n) is 4.60. The molecular formula is C15H17FN2. The Kier molecular flexibility index (Phi) is 4.05. The molecule has 0 bridgehead atoms. The summed E-state index contributed by atoms with van der Waals surface area (Å²) in [7, 11) is 0. The fraction of sp³-hybridized carbons (Fsp3) is 0.267. The molecule has 1 heterocycles. The molecule has 0 saturated heterocycles. The lowest BCUT2D eigenvalue weighted by molar-refractivity contribution is 0.621. The first-order chi connectivity index (χ1) is 8.65. The Bertz CT molecular complexity index is 511. The molecule has 0 spiro atoms. The monoisotopic (exact) mass is 244 g/mol. The van der Waals surface area contributed by atoms with Gasteiger partial charge in [-0.25, -0.2) is 4.39 Å². The molecule has 0 fully saturated rings. The SMILES string of the molecule is Cc1cc(F)ccc1CC(N)Cc1cccnc1. The highest BCUT2D eigenvalue weighted by atomic mass is 19.1. The molecule has 0 aliphatic rings. The molecule has 2 N–H and O–H groups in total. The number of aromatic nitrogens is 1. The van der Waals surface area contributed by atoms with Crippen molar-refractivity contribution in [3.8, 4) is 0 Å². The zero-order valence-corrected chi connectivity index (χ0v) is 10.4. The van der Waals surface area contributed by atoms with Crippen LogP contribution < -0.4 is 5.73 Å². The fourth-order valence-electron chi connectivity index (χ4n) is 2.06. The third-order valence-corrected chi connectivity index (χ3v) is 3.01. The second kappa shape index (κ2) is 5.74. The molecule has 94 valence electrons. The molecule has 3 heteroatoms. The van der Waals surface area contributed by atoms with Gasteiger partial charge in [0.25, 0.3) is 0 Å². The summed E-state index contributed by atoms with van der Waals surface area (Å²) in [5, 5.41) is 0. The van der Waals surface area contributed by atoms with Crippen LogP contribution in [0, 0.1) is 12.7 Å². The lowest BCUT2D eigenvalue weighted by atomic mass is 9.97. The minimum absolute atomic E-state index is 0.0263. The number of hydrogen-bond acceptors (Lipinski definition) is 2. The molecule has 0 aliphatic heterocycles. The van der Waals surface area contributed by atoms with Crippen molar-refractivity contribution in [3.63, 3.8) is 0 Å². The van der Waals surface area contributed by atoms with E-state index >= 15 is 0 Å². The Labute approximate surface area is 107 Å². The van der Waals surface area contributed by atoms with E-state index < -0.39 is 0 Å². The summed E-state index contributed by atoms with van der Waals surface area (Å²) in [6, 6.07) is 8.80. The topological polar surface area (TPSA) is 38.9 Å². The van der Waals surface area contributed by atoms with E-state index in [0.29, 0.717) is 0 Å². The van der Waals surface area contributed by atoms with Gasteiger partial charge in [-0.2, -0.15) is 0 Å². The summed E-state index contributed by atoms with van der Waals surface area (Å²) >= 11 is 0. The smallest absolute Gasteiger partial charge is 0.123 e. The highest BCUT2D eigenvalue weighted by Gasteiger charge is 2.08. The van der Waals surface area contributed by atoms with Crippen molar-refractivity contribution in [1.29, 1.82) is 0 Å². The number of nitrogens with two attached hydrogens (primary N) is 1. The number of rotatable bonds is 4. The van der Waals surface area contributed by atoms with Gasteiger partial charge in [0, 0.05) is 18.4 Å². The summed E-state index contributed by atoms with van der Waals surface area (Å²) in [5.74, 6) is -0.197. The van der Waals surface area contributed by atoms with Crippen LogP contribution in [0.2, 0.25) is 0 Å². The largest absolute Gasteiger partial charge is 0.327 e. The zero-order valence-electron chi connectivity index (χ0n) is 10.4. The first-order valence-electron chi connectivity index (χ1n) is 6.04. The molecule has 0 aliphatic carbocycles. The van der Waals surface area contributed by atoms with Crippen LogP contribution in [-0.2, 0) is 12.8 Å². The summed E-state index contributed by atoms with van der Waals surface area (Å²) in [4.78, 5) is 4.07. The predicted octanol–water partition coefficient (Wildman–Crippen LogP) is 2.64. The van der Waals surface area contributed by atoms with Gasteiger partial charge in [-0.05, 0) is 54.7 Å². The quantitative estimate of drug-likeness (QED) is 0.898. The highest BCUT2D eigenvalue weighted by Crippen LogP contribution is 2.13. The molecule has 0 saturated carbocycles. The van der Waals surface area contributed by atoms with Crippen molar-refractivity contribution in [1.82, 2.24) is 4.98 Å². The number of halogens is 1. The molecule has 1 unspecified atom stereocenters. The molecule has 0 amide bonds. The lowest BCUT2D eigenvalue weighted by Crippen LogP contribution is -2.25. The average molecular weight is 244 g/mol. The van der Waals surface area contributed by atoms with Gasteiger partial charge >= 0.3 is 0 Å². The van der Waals surface area contributed by atoms with E-state index in [4.69, 9.17) is 5.73 Å². The molecule has 1 aromatic carbocycles. The van der Waals surface area contributed by atoms with Crippen LogP contribution in [0.15, 0.2) is 42.7 Å². The third kappa shape index (κ3) is 3.37. The molecule has 2 aromatic rings. The van der Waals surface area contributed by atoms with Gasteiger partial charge < -0.3 is 5.73 Å². The van der Waals surface area contributed by atoms with E-state index in [0.717, 1.165) is 29.5 Å². The first kappa shape index (κ1) is 12.7. The maximum atomic E-state index is 13.0. The predicted molar refractivity (Wildman–Crippen MR) is 70.8 cm³/mol. The molecule has 1 aromatic heterocycles. The minimum atomic E-state index is -0.197. The van der Waals surface area contributed by atoms with Crippen molar-refractivity contribution in [2.75, 3.05) is 0 Å². The second-order valence-corrected chi connectivity index (χ2v) is 4.60. The lowest BCUT2D eigenvalue weighted by Gasteiger charge is -2.13. The molecule has 18 heavy (non-hydrogen) atoms. The van der Waals surface area contributed by atoms with E-state index in [2.05, 4.69) is 4.98 Å². The van der Waals surface area contributed by atoms with Crippen LogP contribution in [0.25, 0.3) is 0 Å². The Morgan fingerprint density at radius 1 is 1.28 bits per heavy atom. The number of benzene rings is 1. The van der Waals surface area contributed by atoms with Crippen LogP contribution in [0.5, 0.6) is 0 Å². The molecule has 2 nitrogen and oxygen atoms in total. The van der Waals surface area contributed by atoms with Crippen LogP contribution in [0.1, 0.15) is 16.7 Å². The summed E-state index contributed by atoms with van der Waals surface area (Å²) in [6.45, 7) is 1.91. The molecule has 1 atom stereocenters. The van der Waals surface area contributed by atoms with E-state index in [1.165, 1.54) is 6.07 Å². The number of aryl methyl sites for hydroxylation is 1. The normalized spacial score (nSPS) is 12.4. The Hall–Kier alpha value is -1.74. The summed E-state index contributed by atoms with van der Waals surface area (Å²) in [5.41, 5.74) is 9.31. The van der Waals surface area contributed by atoms with Gasteiger partial charge in [-0.3, -0.25) is 4.98 Å². The van der Waals surface area contributed by atoms with Crippen LogP contribution in [0.3, 0.4) is 0 Å². The highest BCUT2D eigenvalue weighted by molar-refractivity contribution is 5.27. The van der Waals surface area contributed by atoms with Gasteiger partial charge in [0.15, 0.2) is 0 Å². The standard InChI is InChI=1S/C15H17FN2/c1-11-7-14(16)5-4-13(11)9-15(17)8-12-3-2-6-18-10-12/h2-7,10,15H,8-9,17H2,1H3. The van der Waals surface area contributed by atoms with Crippen molar-refractivity contribution in [2.24, 2.45) is 5.73 Å².